The van der Waals surface area contributed by atoms with Gasteiger partial charge in [0.05, 0.1) is 17.2 Å². The van der Waals surface area contributed by atoms with Gasteiger partial charge in [-0.15, -0.1) is 0 Å². The number of carbonyl (C=O) groups excluding carboxylic acids is 1. The number of aromatic carboxylic acids is 1. The quantitative estimate of drug-likeness (QED) is 0.148. The van der Waals surface area contributed by atoms with E-state index in [9.17, 15) is 14.7 Å². The van der Waals surface area contributed by atoms with Gasteiger partial charge >= 0.3 is 5.97 Å². The van der Waals surface area contributed by atoms with Crippen LogP contribution in [0.15, 0.2) is 59.6 Å². The lowest BCUT2D eigenvalue weighted by Crippen LogP contribution is -2.31. The summed E-state index contributed by atoms with van der Waals surface area (Å²) in [5.41, 5.74) is 2.33. The Labute approximate surface area is 251 Å². The number of carboxylic acids is 1. The van der Waals surface area contributed by atoms with Crippen LogP contribution in [0, 0.1) is 5.92 Å². The van der Waals surface area contributed by atoms with Crippen molar-refractivity contribution in [3.05, 3.63) is 82.1 Å². The third-order valence-corrected chi connectivity index (χ3v) is 8.26. The zero-order chi connectivity index (χ0) is 29.8. The summed E-state index contributed by atoms with van der Waals surface area (Å²) in [5.74, 6) is -0.0688. The number of aromatic nitrogens is 2. The highest BCUT2D eigenvalue weighted by Crippen LogP contribution is 2.32. The van der Waals surface area contributed by atoms with Gasteiger partial charge in [0, 0.05) is 28.6 Å². The van der Waals surface area contributed by atoms with E-state index < -0.39 is 5.97 Å². The highest BCUT2D eigenvalue weighted by molar-refractivity contribution is 7.97. The fraction of sp³-hybridized carbons (Fsp3) is 0.419. The van der Waals surface area contributed by atoms with Gasteiger partial charge in [0.15, 0.2) is 0 Å². The number of benzene rings is 1. The zero-order valence-electron chi connectivity index (χ0n) is 24.1. The molecule has 218 valence electrons. The first kappa shape index (κ1) is 30.8. The van der Waals surface area contributed by atoms with E-state index in [1.54, 1.807) is 18.2 Å². The minimum Gasteiger partial charge on any atom is -0.478 e. The Balaban J connectivity index is 1.44. The second kappa shape index (κ2) is 12.8. The number of hydrogen-bond acceptors (Lipinski definition) is 7. The molecule has 1 amide bonds. The maximum absolute atomic E-state index is 12.8. The molecule has 1 saturated heterocycles. The number of anilines is 1. The van der Waals surface area contributed by atoms with Gasteiger partial charge in [-0.3, -0.25) is 9.52 Å². The molecule has 1 unspecified atom stereocenters. The molecule has 4 N–H and O–H groups in total. The molecule has 41 heavy (non-hydrogen) atoms. The summed E-state index contributed by atoms with van der Waals surface area (Å²) in [7, 11) is 0. The molecule has 3 aromatic rings. The largest absolute Gasteiger partial charge is 0.478 e. The van der Waals surface area contributed by atoms with Crippen LogP contribution in [-0.2, 0) is 5.41 Å². The van der Waals surface area contributed by atoms with Crippen LogP contribution in [0.5, 0.6) is 0 Å². The van der Waals surface area contributed by atoms with Crippen LogP contribution < -0.4 is 15.4 Å². The number of halogens is 1. The summed E-state index contributed by atoms with van der Waals surface area (Å²) in [6.07, 6.45) is 2.99. The number of amides is 1. The van der Waals surface area contributed by atoms with Crippen molar-refractivity contribution in [3.63, 3.8) is 0 Å². The molecule has 0 bridgehead atoms. The molecular weight excluding hydrogens is 558 g/mol. The van der Waals surface area contributed by atoms with E-state index in [0.717, 1.165) is 49.0 Å². The van der Waals surface area contributed by atoms with Crippen molar-refractivity contribution >= 4 is 41.2 Å². The molecule has 0 spiro atoms. The summed E-state index contributed by atoms with van der Waals surface area (Å²) < 4.78 is 2.81. The lowest BCUT2D eigenvalue weighted by Gasteiger charge is -2.22. The van der Waals surface area contributed by atoms with Crippen molar-refractivity contribution in [1.29, 1.82) is 0 Å². The molecule has 1 aromatic carbocycles. The topological polar surface area (TPSA) is 116 Å². The zero-order valence-corrected chi connectivity index (χ0v) is 25.7. The Morgan fingerprint density at radius 3 is 2.46 bits per heavy atom. The highest BCUT2D eigenvalue weighted by Gasteiger charge is 2.30. The van der Waals surface area contributed by atoms with Crippen molar-refractivity contribution in [2.75, 3.05) is 11.9 Å². The maximum Gasteiger partial charge on any atom is 0.335 e. The smallest absolute Gasteiger partial charge is 0.335 e. The molecule has 8 nitrogen and oxygen atoms in total. The highest BCUT2D eigenvalue weighted by atomic mass is 35.5. The number of nitrogens with one attached hydrogen (secondary N) is 3. The van der Waals surface area contributed by atoms with Gasteiger partial charge in [-0.2, -0.15) is 0 Å². The van der Waals surface area contributed by atoms with E-state index >= 15 is 0 Å². The van der Waals surface area contributed by atoms with E-state index in [4.69, 9.17) is 16.6 Å². The Morgan fingerprint density at radius 2 is 1.85 bits per heavy atom. The van der Waals surface area contributed by atoms with Crippen LogP contribution in [0.1, 0.15) is 91.9 Å². The van der Waals surface area contributed by atoms with Crippen LogP contribution in [-0.4, -0.2) is 39.0 Å². The number of nitrogens with zero attached hydrogens (tertiary/aromatic N) is 2. The number of hydrogen-bond donors (Lipinski definition) is 4. The molecule has 4 rings (SSSR count). The SMILES string of the molecule is CC1(C)C[C@H](CCC(Nc2cccc(SNC(=O)c3ccc(C(C)(C)C)nc3Cl)n2)c2ccc(C(=O)O)cc2)CN1. The van der Waals surface area contributed by atoms with Crippen molar-refractivity contribution in [3.8, 4) is 0 Å². The number of rotatable bonds is 10. The number of carboxylic acid groups (broad SMARTS) is 1. The predicted octanol–water partition coefficient (Wildman–Crippen LogP) is 6.88. The Bertz CT molecular complexity index is 1390. The molecule has 2 atom stereocenters. The van der Waals surface area contributed by atoms with E-state index in [2.05, 4.69) is 34.2 Å². The lowest BCUT2D eigenvalue weighted by atomic mass is 9.90. The molecule has 0 saturated carbocycles. The fourth-order valence-electron chi connectivity index (χ4n) is 4.98. The third-order valence-electron chi connectivity index (χ3n) is 7.25. The van der Waals surface area contributed by atoms with Crippen LogP contribution in [0.2, 0.25) is 5.15 Å². The van der Waals surface area contributed by atoms with Gasteiger partial charge in [-0.05, 0) is 87.5 Å². The molecule has 3 heterocycles. The normalized spacial score (nSPS) is 17.2. The molecule has 2 aromatic heterocycles. The maximum atomic E-state index is 12.8. The van der Waals surface area contributed by atoms with Crippen molar-refractivity contribution in [1.82, 2.24) is 20.0 Å². The fourth-order valence-corrected chi connectivity index (χ4v) is 5.82. The molecule has 1 aliphatic heterocycles. The summed E-state index contributed by atoms with van der Waals surface area (Å²) in [6.45, 7) is 11.6. The second-order valence-corrected chi connectivity index (χ2v) is 13.4. The third kappa shape index (κ3) is 8.44. The average molecular weight is 596 g/mol. The van der Waals surface area contributed by atoms with Gasteiger partial charge in [-0.1, -0.05) is 50.6 Å². The van der Waals surface area contributed by atoms with Gasteiger partial charge in [0.1, 0.15) is 16.0 Å². The Kier molecular flexibility index (Phi) is 9.62. The first-order valence-electron chi connectivity index (χ1n) is 13.8. The van der Waals surface area contributed by atoms with Gasteiger partial charge in [0.25, 0.3) is 5.91 Å². The first-order valence-corrected chi connectivity index (χ1v) is 15.0. The van der Waals surface area contributed by atoms with E-state index in [-0.39, 0.29) is 33.6 Å². The lowest BCUT2D eigenvalue weighted by molar-refractivity contribution is 0.0696. The van der Waals surface area contributed by atoms with Gasteiger partial charge < -0.3 is 15.7 Å². The Hall–Kier alpha value is -3.14. The summed E-state index contributed by atoms with van der Waals surface area (Å²) in [5, 5.41) is 17.2. The van der Waals surface area contributed by atoms with Crippen molar-refractivity contribution < 1.29 is 14.7 Å². The molecule has 0 aliphatic carbocycles. The molecule has 1 aliphatic rings. The average Bonchev–Trinajstić information content (AvgIpc) is 3.27. The monoisotopic (exact) mass is 595 g/mol. The van der Waals surface area contributed by atoms with Gasteiger partial charge in [0.2, 0.25) is 0 Å². The van der Waals surface area contributed by atoms with Crippen LogP contribution in [0.4, 0.5) is 5.82 Å². The summed E-state index contributed by atoms with van der Waals surface area (Å²) in [4.78, 5) is 33.3. The van der Waals surface area contributed by atoms with Gasteiger partial charge in [-0.25, -0.2) is 14.8 Å². The summed E-state index contributed by atoms with van der Waals surface area (Å²) in [6, 6.07) is 16.0. The second-order valence-electron chi connectivity index (χ2n) is 12.2. The Morgan fingerprint density at radius 1 is 1.12 bits per heavy atom. The molecular formula is C31H38ClN5O3S. The predicted molar refractivity (Wildman–Crippen MR) is 165 cm³/mol. The molecule has 10 heteroatoms. The molecule has 0 radical (unpaired) electrons. The van der Waals surface area contributed by atoms with Crippen LogP contribution in [0.25, 0.3) is 0 Å². The van der Waals surface area contributed by atoms with Crippen molar-refractivity contribution in [2.24, 2.45) is 5.92 Å². The first-order chi connectivity index (χ1) is 19.3. The number of carbonyl (C=O) groups is 2. The minimum atomic E-state index is -0.948. The van der Waals surface area contributed by atoms with E-state index in [1.807, 2.05) is 57.2 Å². The van der Waals surface area contributed by atoms with E-state index in [1.165, 1.54) is 0 Å². The minimum absolute atomic E-state index is 0.0601. The van der Waals surface area contributed by atoms with Crippen molar-refractivity contribution in [2.45, 2.75) is 75.9 Å². The number of pyridine rings is 2. The summed E-state index contributed by atoms with van der Waals surface area (Å²) >= 11 is 7.44. The van der Waals surface area contributed by atoms with Crippen LogP contribution >= 0.6 is 23.5 Å². The van der Waals surface area contributed by atoms with Crippen LogP contribution in [0.3, 0.4) is 0 Å². The van der Waals surface area contributed by atoms with E-state index in [0.29, 0.717) is 22.3 Å². The molecule has 1 fully saturated rings. The standard InChI is InChI=1S/C31H38ClN5O3S/c1-30(2,3)24-16-14-22(27(32)35-24)28(38)37-41-26-8-6-7-25(36-26)34-23(15-9-19-17-31(4,5)33-18-19)20-10-12-21(13-11-20)29(39)40/h6-8,10-14,16,19,23,33H,9,15,17-18H2,1-5H3,(H,34,36)(H,37,38)(H,39,40)/t19-,23?/m0/s1.